The maximum atomic E-state index is 11.4. The third kappa shape index (κ3) is 3.79. The molecule has 0 aromatic carbocycles. The minimum atomic E-state index is -2.84. The van der Waals surface area contributed by atoms with Crippen LogP contribution in [0.3, 0.4) is 0 Å². The molecule has 10 heteroatoms. The first-order valence-electron chi connectivity index (χ1n) is 6.92. The Labute approximate surface area is 132 Å². The molecule has 1 saturated heterocycles. The number of carbonyl (C=O) groups is 2. The highest BCUT2D eigenvalue weighted by Gasteiger charge is 2.61. The Kier molecular flexibility index (Phi) is 5.41. The number of aliphatic hydroxyl groups excluding tert-OH is 2. The number of amides is 1. The monoisotopic (exact) mass is 337 g/mol. The predicted octanol–water partition coefficient (Wildman–Crippen LogP) is -3.09. The summed E-state index contributed by atoms with van der Waals surface area (Å²) < 4.78 is 5.03. The average Bonchev–Trinajstić information content (AvgIpc) is 2.39. The summed E-state index contributed by atoms with van der Waals surface area (Å²) >= 11 is 0. The zero-order chi connectivity index (χ0) is 18.2. The van der Waals surface area contributed by atoms with Crippen LogP contribution in [0.1, 0.15) is 27.2 Å². The first-order valence-corrected chi connectivity index (χ1v) is 6.92. The molecule has 0 aromatic rings. The third-order valence-corrected chi connectivity index (χ3v) is 4.01. The molecule has 7 N–H and O–H groups in total. The molecule has 1 rings (SSSR count). The van der Waals surface area contributed by atoms with Crippen molar-refractivity contribution in [3.05, 3.63) is 0 Å². The molecule has 0 saturated carbocycles. The molecule has 0 aliphatic carbocycles. The first kappa shape index (κ1) is 19.7. The van der Waals surface area contributed by atoms with Gasteiger partial charge in [-0.15, -0.1) is 0 Å². The number of ether oxygens (including phenoxy) is 1. The number of carboxylic acid groups (broad SMARTS) is 1. The fraction of sp³-hybridized carbons (Fsp3) is 0.846. The number of aliphatic hydroxyl groups is 5. The summed E-state index contributed by atoms with van der Waals surface area (Å²) in [4.78, 5) is 22.6. The van der Waals surface area contributed by atoms with Gasteiger partial charge in [-0.25, -0.2) is 4.79 Å². The molecule has 23 heavy (non-hydrogen) atoms. The zero-order valence-electron chi connectivity index (χ0n) is 13.1. The van der Waals surface area contributed by atoms with E-state index in [1.54, 1.807) is 0 Å². The van der Waals surface area contributed by atoms with E-state index in [9.17, 15) is 30.0 Å². The minimum Gasteiger partial charge on any atom is -0.477 e. The molecule has 6 atom stereocenters. The Morgan fingerprint density at radius 2 is 1.96 bits per heavy atom. The van der Waals surface area contributed by atoms with Crippen molar-refractivity contribution in [2.24, 2.45) is 0 Å². The van der Waals surface area contributed by atoms with Crippen molar-refractivity contribution in [1.82, 2.24) is 5.32 Å². The van der Waals surface area contributed by atoms with Gasteiger partial charge in [0.2, 0.25) is 5.91 Å². The largest absolute Gasteiger partial charge is 0.477 e. The highest BCUT2D eigenvalue weighted by atomic mass is 16.7. The summed E-state index contributed by atoms with van der Waals surface area (Å²) in [7, 11) is 0. The molecule has 0 aromatic heterocycles. The van der Waals surface area contributed by atoms with E-state index in [1.807, 2.05) is 0 Å². The smallest absolute Gasteiger partial charge is 0.364 e. The first-order chi connectivity index (χ1) is 10.3. The average molecular weight is 337 g/mol. The minimum absolute atomic E-state index is 0.612. The molecule has 1 unspecified atom stereocenters. The Bertz CT molecular complexity index is 478. The molecule has 1 aliphatic rings. The van der Waals surface area contributed by atoms with Crippen LogP contribution >= 0.6 is 0 Å². The molecule has 0 spiro atoms. The van der Waals surface area contributed by atoms with Gasteiger partial charge >= 0.3 is 5.97 Å². The Hall–Kier alpha value is -1.30. The maximum Gasteiger partial charge on any atom is 0.364 e. The van der Waals surface area contributed by atoms with E-state index in [0.717, 1.165) is 20.8 Å². The van der Waals surface area contributed by atoms with Crippen LogP contribution in [0, 0.1) is 0 Å². The molecule has 134 valence electrons. The summed E-state index contributed by atoms with van der Waals surface area (Å²) in [5.74, 6) is -5.26. The van der Waals surface area contributed by atoms with Crippen LogP contribution in [0.2, 0.25) is 0 Å². The van der Waals surface area contributed by atoms with Crippen molar-refractivity contribution in [3.8, 4) is 0 Å². The van der Waals surface area contributed by atoms with Gasteiger partial charge in [0.05, 0.1) is 18.2 Å². The lowest BCUT2D eigenvalue weighted by Crippen LogP contribution is -2.74. The number of carboxylic acids is 1. The Balaban J connectivity index is 3.36. The molecule has 10 nitrogen and oxygen atoms in total. The summed E-state index contributed by atoms with van der Waals surface area (Å²) in [5, 5.41) is 61.2. The quantitative estimate of drug-likeness (QED) is 0.274. The van der Waals surface area contributed by atoms with Crippen LogP contribution in [0.4, 0.5) is 0 Å². The van der Waals surface area contributed by atoms with Crippen molar-refractivity contribution in [2.75, 3.05) is 6.61 Å². The predicted molar refractivity (Wildman–Crippen MR) is 74.0 cm³/mol. The fourth-order valence-corrected chi connectivity index (χ4v) is 2.65. The van der Waals surface area contributed by atoms with E-state index >= 15 is 0 Å². The zero-order valence-corrected chi connectivity index (χ0v) is 13.1. The van der Waals surface area contributed by atoms with Crippen molar-refractivity contribution in [3.63, 3.8) is 0 Å². The van der Waals surface area contributed by atoms with Crippen LogP contribution in [0.15, 0.2) is 0 Å². The summed E-state index contributed by atoms with van der Waals surface area (Å²) in [6, 6.07) is -1.35. The number of hydrogen-bond acceptors (Lipinski definition) is 8. The molecule has 0 bridgehead atoms. The SMILES string of the molecule is CC(=O)N[C@H]1[C@H]([C@](C)(O)[C@H](O)CO)OC(O)(C(=O)O)C[C@]1(C)O. The van der Waals surface area contributed by atoms with Crippen LogP contribution in [-0.4, -0.2) is 84.4 Å². The third-order valence-electron chi connectivity index (χ3n) is 4.01. The van der Waals surface area contributed by atoms with Gasteiger partial charge in [0.25, 0.3) is 5.79 Å². The Morgan fingerprint density at radius 3 is 2.35 bits per heavy atom. The van der Waals surface area contributed by atoms with E-state index in [0.29, 0.717) is 0 Å². The molecule has 1 fully saturated rings. The van der Waals surface area contributed by atoms with Gasteiger partial charge in [-0.05, 0) is 13.8 Å². The second kappa shape index (κ2) is 6.30. The van der Waals surface area contributed by atoms with Gasteiger partial charge in [-0.3, -0.25) is 4.79 Å². The van der Waals surface area contributed by atoms with E-state index in [-0.39, 0.29) is 0 Å². The number of hydrogen-bond donors (Lipinski definition) is 7. The second-order valence-electron chi connectivity index (χ2n) is 6.26. The molecule has 0 radical (unpaired) electrons. The fourth-order valence-electron chi connectivity index (χ4n) is 2.65. The molecule has 1 aliphatic heterocycles. The number of carbonyl (C=O) groups excluding carboxylic acids is 1. The Morgan fingerprint density at radius 1 is 1.43 bits per heavy atom. The second-order valence-corrected chi connectivity index (χ2v) is 6.26. The van der Waals surface area contributed by atoms with Gasteiger partial charge < -0.3 is 40.7 Å². The van der Waals surface area contributed by atoms with Crippen molar-refractivity contribution in [2.45, 2.75) is 62.4 Å². The lowest BCUT2D eigenvalue weighted by atomic mass is 9.75. The normalized spacial score (nSPS) is 38.4. The van der Waals surface area contributed by atoms with Crippen molar-refractivity contribution >= 4 is 11.9 Å². The van der Waals surface area contributed by atoms with Crippen molar-refractivity contribution < 1.29 is 45.0 Å². The standard InChI is InChI=1S/C13H23NO9/c1-6(16)14-8-9(12(3,21)7(17)4-15)23-13(22,10(18)19)5-11(8,2)20/h7-9,15,17,20-22H,4-5H2,1-3H3,(H,14,16)(H,18,19)/t7-,8+,9-,11+,12-,13?/m1/s1. The molecule has 1 amide bonds. The van der Waals surface area contributed by atoms with Gasteiger partial charge in [-0.1, -0.05) is 0 Å². The summed E-state index contributed by atoms with van der Waals surface area (Å²) in [5.41, 5.74) is -4.27. The van der Waals surface area contributed by atoms with Crippen LogP contribution in [-0.2, 0) is 14.3 Å². The van der Waals surface area contributed by atoms with E-state index in [1.165, 1.54) is 0 Å². The van der Waals surface area contributed by atoms with Gasteiger partial charge in [0.15, 0.2) is 0 Å². The van der Waals surface area contributed by atoms with E-state index < -0.39 is 60.1 Å². The van der Waals surface area contributed by atoms with Gasteiger partial charge in [-0.2, -0.15) is 0 Å². The van der Waals surface area contributed by atoms with E-state index in [2.05, 4.69) is 5.32 Å². The van der Waals surface area contributed by atoms with Crippen LogP contribution < -0.4 is 5.32 Å². The highest BCUT2D eigenvalue weighted by molar-refractivity contribution is 5.76. The summed E-state index contributed by atoms with van der Waals surface area (Å²) in [6.07, 6.45) is -4.30. The molecular formula is C13H23NO9. The molecule has 1 heterocycles. The van der Waals surface area contributed by atoms with Gasteiger partial charge in [0, 0.05) is 13.3 Å². The lowest BCUT2D eigenvalue weighted by Gasteiger charge is -2.52. The number of rotatable bonds is 5. The van der Waals surface area contributed by atoms with Crippen LogP contribution in [0.5, 0.6) is 0 Å². The summed E-state index contributed by atoms with van der Waals surface area (Å²) in [6.45, 7) is 2.41. The number of nitrogens with one attached hydrogen (secondary N) is 1. The van der Waals surface area contributed by atoms with Crippen LogP contribution in [0.25, 0.3) is 0 Å². The molecular weight excluding hydrogens is 314 g/mol. The lowest BCUT2D eigenvalue weighted by molar-refractivity contribution is -0.325. The number of aliphatic carboxylic acids is 1. The van der Waals surface area contributed by atoms with Crippen molar-refractivity contribution in [1.29, 1.82) is 0 Å². The van der Waals surface area contributed by atoms with E-state index in [4.69, 9.17) is 14.9 Å². The topological polar surface area (TPSA) is 177 Å². The maximum absolute atomic E-state index is 11.4. The highest BCUT2D eigenvalue weighted by Crippen LogP contribution is 2.39. The van der Waals surface area contributed by atoms with Gasteiger partial charge in [0.1, 0.15) is 17.8 Å².